The van der Waals surface area contributed by atoms with Gasteiger partial charge in [0.25, 0.3) is 5.56 Å². The summed E-state index contributed by atoms with van der Waals surface area (Å²) in [6, 6.07) is 11.3. The number of para-hydroxylation sites is 1. The second kappa shape index (κ2) is 6.71. The molecule has 1 aliphatic carbocycles. The molecule has 0 radical (unpaired) electrons. The molecule has 26 heavy (non-hydrogen) atoms. The summed E-state index contributed by atoms with van der Waals surface area (Å²) < 4.78 is 1.78. The SMILES string of the molecule is Cc1ccnc(NC(=O)CCc2nc3ccccc3c(=O)n2C2CC2)c1. The van der Waals surface area contributed by atoms with Gasteiger partial charge in [-0.15, -0.1) is 0 Å². The van der Waals surface area contributed by atoms with Crippen LogP contribution in [-0.4, -0.2) is 20.4 Å². The van der Waals surface area contributed by atoms with Crippen molar-refractivity contribution in [2.24, 2.45) is 0 Å². The minimum Gasteiger partial charge on any atom is -0.311 e. The standard InChI is InChI=1S/C20H20N4O2/c1-13-10-11-21-17(12-13)23-19(25)9-8-18-22-16-5-3-2-4-15(16)20(26)24(18)14-6-7-14/h2-5,10-12,14H,6-9H2,1H3,(H,21,23,25). The number of nitrogens with one attached hydrogen (secondary N) is 1. The van der Waals surface area contributed by atoms with Crippen molar-refractivity contribution in [2.75, 3.05) is 5.32 Å². The van der Waals surface area contributed by atoms with Gasteiger partial charge < -0.3 is 5.32 Å². The molecule has 1 fully saturated rings. The number of benzene rings is 1. The first-order valence-corrected chi connectivity index (χ1v) is 8.84. The van der Waals surface area contributed by atoms with Crippen LogP contribution in [0.2, 0.25) is 0 Å². The van der Waals surface area contributed by atoms with E-state index in [0.717, 1.165) is 18.4 Å². The number of carbonyl (C=O) groups is 1. The van der Waals surface area contributed by atoms with E-state index in [-0.39, 0.29) is 23.9 Å². The Labute approximate surface area is 150 Å². The highest BCUT2D eigenvalue weighted by atomic mass is 16.1. The van der Waals surface area contributed by atoms with Gasteiger partial charge in [0.15, 0.2) is 0 Å². The molecule has 0 atom stereocenters. The van der Waals surface area contributed by atoms with Crippen LogP contribution in [0.1, 0.15) is 36.7 Å². The first-order chi connectivity index (χ1) is 12.6. The molecule has 1 aromatic carbocycles. The summed E-state index contributed by atoms with van der Waals surface area (Å²) >= 11 is 0. The highest BCUT2D eigenvalue weighted by Crippen LogP contribution is 2.34. The second-order valence-corrected chi connectivity index (χ2v) is 6.72. The Balaban J connectivity index is 1.56. The number of nitrogens with zero attached hydrogens (tertiary/aromatic N) is 3. The van der Waals surface area contributed by atoms with Crippen LogP contribution in [0.3, 0.4) is 0 Å². The number of hydrogen-bond acceptors (Lipinski definition) is 4. The lowest BCUT2D eigenvalue weighted by Gasteiger charge is -2.12. The van der Waals surface area contributed by atoms with E-state index in [9.17, 15) is 9.59 Å². The molecule has 6 heteroatoms. The van der Waals surface area contributed by atoms with Gasteiger partial charge in [0, 0.05) is 25.1 Å². The van der Waals surface area contributed by atoms with Crippen molar-refractivity contribution in [3.8, 4) is 0 Å². The van der Waals surface area contributed by atoms with Crippen molar-refractivity contribution >= 4 is 22.6 Å². The number of fused-ring (bicyclic) bond motifs is 1. The molecule has 1 saturated carbocycles. The molecule has 0 unspecified atom stereocenters. The minimum atomic E-state index is -0.132. The van der Waals surface area contributed by atoms with Gasteiger partial charge in [-0.05, 0) is 49.6 Å². The number of rotatable bonds is 5. The Bertz CT molecular complexity index is 1040. The summed E-state index contributed by atoms with van der Waals surface area (Å²) in [4.78, 5) is 33.9. The van der Waals surface area contributed by atoms with Crippen LogP contribution < -0.4 is 10.9 Å². The van der Waals surface area contributed by atoms with Crippen LogP contribution in [0.4, 0.5) is 5.82 Å². The lowest BCUT2D eigenvalue weighted by molar-refractivity contribution is -0.116. The van der Waals surface area contributed by atoms with Gasteiger partial charge >= 0.3 is 0 Å². The molecule has 6 nitrogen and oxygen atoms in total. The summed E-state index contributed by atoms with van der Waals surface area (Å²) in [6.45, 7) is 1.95. The van der Waals surface area contributed by atoms with E-state index in [1.54, 1.807) is 10.8 Å². The lowest BCUT2D eigenvalue weighted by atomic mass is 10.2. The quantitative estimate of drug-likeness (QED) is 0.769. The number of pyridine rings is 1. The zero-order valence-electron chi connectivity index (χ0n) is 14.6. The normalized spacial score (nSPS) is 13.7. The average molecular weight is 348 g/mol. The van der Waals surface area contributed by atoms with Crippen LogP contribution in [-0.2, 0) is 11.2 Å². The van der Waals surface area contributed by atoms with Gasteiger partial charge in [-0.25, -0.2) is 9.97 Å². The van der Waals surface area contributed by atoms with E-state index in [2.05, 4.69) is 15.3 Å². The average Bonchev–Trinajstić information content (AvgIpc) is 3.45. The first kappa shape index (κ1) is 16.4. The highest BCUT2D eigenvalue weighted by Gasteiger charge is 2.28. The summed E-state index contributed by atoms with van der Waals surface area (Å²) in [7, 11) is 0. The van der Waals surface area contributed by atoms with Crippen molar-refractivity contribution < 1.29 is 4.79 Å². The summed E-state index contributed by atoms with van der Waals surface area (Å²) in [5, 5.41) is 3.44. The van der Waals surface area contributed by atoms with E-state index in [1.165, 1.54) is 0 Å². The van der Waals surface area contributed by atoms with E-state index in [0.29, 0.717) is 29.0 Å². The molecule has 1 amide bonds. The van der Waals surface area contributed by atoms with Crippen molar-refractivity contribution in [1.29, 1.82) is 0 Å². The monoisotopic (exact) mass is 348 g/mol. The maximum atomic E-state index is 12.8. The fourth-order valence-corrected chi connectivity index (χ4v) is 3.11. The summed E-state index contributed by atoms with van der Waals surface area (Å²) in [5.41, 5.74) is 1.72. The van der Waals surface area contributed by atoms with E-state index >= 15 is 0 Å². The molecular formula is C20H20N4O2. The number of anilines is 1. The molecule has 0 aliphatic heterocycles. The minimum absolute atomic E-state index is 0.00569. The smallest absolute Gasteiger partial charge is 0.261 e. The molecular weight excluding hydrogens is 328 g/mol. The van der Waals surface area contributed by atoms with Gasteiger partial charge in [0.05, 0.1) is 10.9 Å². The van der Waals surface area contributed by atoms with Gasteiger partial charge in [0.1, 0.15) is 11.6 Å². The molecule has 0 spiro atoms. The first-order valence-electron chi connectivity index (χ1n) is 8.84. The molecule has 132 valence electrons. The molecule has 2 aromatic heterocycles. The number of amides is 1. The Morgan fingerprint density at radius 3 is 2.85 bits per heavy atom. The number of hydrogen-bond donors (Lipinski definition) is 1. The van der Waals surface area contributed by atoms with E-state index in [4.69, 9.17) is 0 Å². The third-order valence-electron chi connectivity index (χ3n) is 4.55. The zero-order chi connectivity index (χ0) is 18.1. The van der Waals surface area contributed by atoms with E-state index < -0.39 is 0 Å². The molecule has 3 aromatic rings. The van der Waals surface area contributed by atoms with Gasteiger partial charge in [-0.3, -0.25) is 14.2 Å². The van der Waals surface area contributed by atoms with Crippen molar-refractivity contribution in [1.82, 2.24) is 14.5 Å². The Kier molecular flexibility index (Phi) is 4.24. The molecule has 1 N–H and O–H groups in total. The fraction of sp³-hybridized carbons (Fsp3) is 0.300. The topological polar surface area (TPSA) is 76.9 Å². The van der Waals surface area contributed by atoms with Crippen LogP contribution in [0.15, 0.2) is 47.4 Å². The lowest BCUT2D eigenvalue weighted by Crippen LogP contribution is -2.25. The Hall–Kier alpha value is -3.02. The summed E-state index contributed by atoms with van der Waals surface area (Å²) in [5.74, 6) is 1.09. The van der Waals surface area contributed by atoms with E-state index in [1.807, 2.05) is 43.3 Å². The predicted molar refractivity (Wildman–Crippen MR) is 100 cm³/mol. The third-order valence-corrected chi connectivity index (χ3v) is 4.55. The molecule has 0 bridgehead atoms. The fourth-order valence-electron chi connectivity index (χ4n) is 3.11. The third kappa shape index (κ3) is 3.35. The number of aryl methyl sites for hydroxylation is 2. The van der Waals surface area contributed by atoms with Crippen molar-refractivity contribution in [3.05, 3.63) is 64.3 Å². The van der Waals surface area contributed by atoms with Gasteiger partial charge in [-0.2, -0.15) is 0 Å². The van der Waals surface area contributed by atoms with Crippen LogP contribution >= 0.6 is 0 Å². The molecule has 1 aliphatic rings. The van der Waals surface area contributed by atoms with Crippen molar-refractivity contribution in [3.63, 3.8) is 0 Å². The molecule has 4 rings (SSSR count). The van der Waals surface area contributed by atoms with Gasteiger partial charge in [0.2, 0.25) is 5.91 Å². The Morgan fingerprint density at radius 2 is 2.08 bits per heavy atom. The van der Waals surface area contributed by atoms with Crippen LogP contribution in [0, 0.1) is 6.92 Å². The van der Waals surface area contributed by atoms with Gasteiger partial charge in [-0.1, -0.05) is 12.1 Å². The largest absolute Gasteiger partial charge is 0.311 e. The zero-order valence-corrected chi connectivity index (χ0v) is 14.6. The molecule has 0 saturated heterocycles. The maximum Gasteiger partial charge on any atom is 0.261 e. The van der Waals surface area contributed by atoms with Crippen molar-refractivity contribution in [2.45, 2.75) is 38.6 Å². The number of aromatic nitrogens is 3. The maximum absolute atomic E-state index is 12.8. The number of carbonyl (C=O) groups excluding carboxylic acids is 1. The highest BCUT2D eigenvalue weighted by molar-refractivity contribution is 5.89. The Morgan fingerprint density at radius 1 is 1.27 bits per heavy atom. The van der Waals surface area contributed by atoms with Crippen LogP contribution in [0.25, 0.3) is 10.9 Å². The predicted octanol–water partition coefficient (Wildman–Crippen LogP) is 3.01. The summed E-state index contributed by atoms with van der Waals surface area (Å²) in [6.07, 6.45) is 4.33. The molecule has 2 heterocycles. The second-order valence-electron chi connectivity index (χ2n) is 6.72. The van der Waals surface area contributed by atoms with Crippen LogP contribution in [0.5, 0.6) is 0 Å².